The number of rotatable bonds is 6. The zero-order chi connectivity index (χ0) is 17.6. The van der Waals surface area contributed by atoms with Gasteiger partial charge in [0.05, 0.1) is 9.51 Å². The maximum atomic E-state index is 12.1. The monoisotopic (exact) mass is 376 g/mol. The predicted octanol–water partition coefficient (Wildman–Crippen LogP) is 4.09. The summed E-state index contributed by atoms with van der Waals surface area (Å²) in [6.07, 6.45) is 0. The second-order valence-corrected chi connectivity index (χ2v) is 7.98. The molecule has 1 heterocycles. The first kappa shape index (κ1) is 17.6. The molecule has 0 saturated carbocycles. The quantitative estimate of drug-likeness (QED) is 0.604. The molecule has 1 aliphatic rings. The molecule has 0 bridgehead atoms. The molecule has 1 amide bonds. The van der Waals surface area contributed by atoms with Crippen molar-refractivity contribution in [2.75, 3.05) is 23.4 Å². The highest BCUT2D eigenvalue weighted by Crippen LogP contribution is 2.48. The number of carbonyl (C=O) groups is 1. The number of carbonyl (C=O) groups excluding carboxylic acids is 1. The van der Waals surface area contributed by atoms with Gasteiger partial charge in [0, 0.05) is 34.9 Å². The molecule has 0 unspecified atom stereocenters. The minimum Gasteiger partial charge on any atom is -0.483 e. The average molecular weight is 376 g/mol. The Morgan fingerprint density at radius 1 is 1.20 bits per heavy atom. The lowest BCUT2D eigenvalue weighted by atomic mass is 10.2. The number of amides is 1. The second kappa shape index (κ2) is 8.26. The molecule has 0 spiro atoms. The van der Waals surface area contributed by atoms with Crippen LogP contribution >= 0.6 is 23.5 Å². The van der Waals surface area contributed by atoms with Gasteiger partial charge < -0.3 is 10.1 Å². The maximum absolute atomic E-state index is 12.1. The van der Waals surface area contributed by atoms with E-state index < -0.39 is 4.92 Å². The van der Waals surface area contributed by atoms with E-state index >= 15 is 0 Å². The number of anilines is 1. The van der Waals surface area contributed by atoms with E-state index in [1.165, 1.54) is 18.2 Å². The van der Waals surface area contributed by atoms with E-state index in [2.05, 4.69) is 5.32 Å². The smallest absolute Gasteiger partial charge is 0.271 e. The summed E-state index contributed by atoms with van der Waals surface area (Å²) < 4.78 is 6.02. The van der Waals surface area contributed by atoms with E-state index in [-0.39, 0.29) is 18.2 Å². The van der Waals surface area contributed by atoms with Gasteiger partial charge in [-0.1, -0.05) is 24.3 Å². The van der Waals surface area contributed by atoms with Crippen LogP contribution in [0.15, 0.2) is 48.5 Å². The molecule has 1 fully saturated rings. The number of benzene rings is 2. The van der Waals surface area contributed by atoms with Crippen molar-refractivity contribution >= 4 is 40.8 Å². The molecular weight excluding hydrogens is 360 g/mol. The maximum Gasteiger partial charge on any atom is 0.271 e. The van der Waals surface area contributed by atoms with Crippen LogP contribution in [0.5, 0.6) is 5.75 Å². The molecule has 2 aromatic carbocycles. The first-order valence-electron chi connectivity index (χ1n) is 7.63. The summed E-state index contributed by atoms with van der Waals surface area (Å²) in [6, 6.07) is 13.5. The van der Waals surface area contributed by atoms with Crippen LogP contribution in [0.2, 0.25) is 0 Å². The molecule has 2 aromatic rings. The van der Waals surface area contributed by atoms with Gasteiger partial charge in [-0.25, -0.2) is 0 Å². The molecule has 8 heteroatoms. The lowest BCUT2D eigenvalue weighted by molar-refractivity contribution is -0.384. The Morgan fingerprint density at radius 3 is 2.72 bits per heavy atom. The largest absolute Gasteiger partial charge is 0.483 e. The zero-order valence-corrected chi connectivity index (χ0v) is 14.8. The van der Waals surface area contributed by atoms with Gasteiger partial charge in [0.1, 0.15) is 5.75 Å². The fourth-order valence-electron chi connectivity index (χ4n) is 2.38. The number of nitro benzene ring substituents is 1. The Kier molecular flexibility index (Phi) is 5.83. The summed E-state index contributed by atoms with van der Waals surface area (Å²) in [6.45, 7) is -0.151. The van der Waals surface area contributed by atoms with Crippen molar-refractivity contribution in [2.24, 2.45) is 0 Å². The molecule has 1 saturated heterocycles. The van der Waals surface area contributed by atoms with Crippen LogP contribution in [0, 0.1) is 10.1 Å². The van der Waals surface area contributed by atoms with Crippen LogP contribution in [0.4, 0.5) is 11.4 Å². The van der Waals surface area contributed by atoms with E-state index in [9.17, 15) is 14.9 Å². The van der Waals surface area contributed by atoms with E-state index in [1.54, 1.807) is 6.07 Å². The summed E-state index contributed by atoms with van der Waals surface area (Å²) >= 11 is 3.74. The first-order chi connectivity index (χ1) is 12.1. The van der Waals surface area contributed by atoms with Crippen LogP contribution in [0.1, 0.15) is 10.1 Å². The number of thioether (sulfide) groups is 2. The third-order valence-electron chi connectivity index (χ3n) is 3.49. The van der Waals surface area contributed by atoms with Crippen LogP contribution in [0.25, 0.3) is 0 Å². The number of non-ortho nitro benzene ring substituents is 1. The van der Waals surface area contributed by atoms with Crippen molar-refractivity contribution in [1.29, 1.82) is 0 Å². The van der Waals surface area contributed by atoms with Crippen LogP contribution < -0.4 is 10.1 Å². The van der Waals surface area contributed by atoms with Crippen LogP contribution in [-0.4, -0.2) is 28.9 Å². The lowest BCUT2D eigenvalue weighted by Crippen LogP contribution is -2.20. The lowest BCUT2D eigenvalue weighted by Gasteiger charge is -2.15. The number of hydrogen-bond acceptors (Lipinski definition) is 6. The van der Waals surface area contributed by atoms with Gasteiger partial charge in [0.15, 0.2) is 6.61 Å². The molecular formula is C17H16N2O4S2. The summed E-state index contributed by atoms with van der Waals surface area (Å²) in [5.41, 5.74) is 1.38. The first-order valence-corrected chi connectivity index (χ1v) is 9.72. The fourth-order valence-corrected chi connectivity index (χ4v) is 5.29. The molecule has 1 N–H and O–H groups in total. The van der Waals surface area contributed by atoms with E-state index in [4.69, 9.17) is 4.74 Å². The van der Waals surface area contributed by atoms with Gasteiger partial charge in [0.25, 0.3) is 11.6 Å². The molecule has 0 aromatic heterocycles. The summed E-state index contributed by atoms with van der Waals surface area (Å²) in [5, 5.41) is 13.4. The molecule has 0 radical (unpaired) electrons. The van der Waals surface area contributed by atoms with Crippen molar-refractivity contribution < 1.29 is 14.5 Å². The molecule has 25 heavy (non-hydrogen) atoms. The zero-order valence-electron chi connectivity index (χ0n) is 13.2. The van der Waals surface area contributed by atoms with E-state index in [0.717, 1.165) is 17.1 Å². The standard InChI is InChI=1S/C17H16N2O4S2/c20-16(18-12-4-3-5-13(10-12)19(21)22)11-23-15-7-2-1-6-14(15)17-24-8-9-25-17/h1-7,10,17H,8-9,11H2,(H,18,20). The number of hydrogen-bond donors (Lipinski definition) is 1. The summed E-state index contributed by atoms with van der Waals surface area (Å²) in [5.74, 6) is 2.55. The normalized spacial score (nSPS) is 14.2. The molecule has 0 aliphatic carbocycles. The minimum atomic E-state index is -0.501. The van der Waals surface area contributed by atoms with Gasteiger partial charge in [-0.05, 0) is 12.1 Å². The third kappa shape index (κ3) is 4.67. The van der Waals surface area contributed by atoms with Gasteiger partial charge >= 0.3 is 0 Å². The molecule has 0 atom stereocenters. The van der Waals surface area contributed by atoms with Crippen molar-refractivity contribution in [1.82, 2.24) is 0 Å². The van der Waals surface area contributed by atoms with E-state index in [0.29, 0.717) is 16.0 Å². The summed E-state index contributed by atoms with van der Waals surface area (Å²) in [7, 11) is 0. The number of ether oxygens (including phenoxy) is 1. The van der Waals surface area contributed by atoms with Gasteiger partial charge in [-0.2, -0.15) is 0 Å². The van der Waals surface area contributed by atoms with Crippen molar-refractivity contribution in [2.45, 2.75) is 4.58 Å². The number of nitro groups is 1. The average Bonchev–Trinajstić information content (AvgIpc) is 3.15. The van der Waals surface area contributed by atoms with Crippen molar-refractivity contribution in [3.8, 4) is 5.75 Å². The van der Waals surface area contributed by atoms with Crippen molar-refractivity contribution in [3.63, 3.8) is 0 Å². The van der Waals surface area contributed by atoms with Gasteiger partial charge in [-0.3, -0.25) is 14.9 Å². The highest BCUT2D eigenvalue weighted by Gasteiger charge is 2.21. The second-order valence-electron chi connectivity index (χ2n) is 5.26. The summed E-state index contributed by atoms with van der Waals surface area (Å²) in [4.78, 5) is 22.4. The molecule has 3 rings (SSSR count). The Balaban J connectivity index is 1.61. The van der Waals surface area contributed by atoms with E-state index in [1.807, 2.05) is 47.8 Å². The Labute approximate surface area is 153 Å². The van der Waals surface area contributed by atoms with Gasteiger partial charge in [0.2, 0.25) is 0 Å². The highest BCUT2D eigenvalue weighted by atomic mass is 32.2. The van der Waals surface area contributed by atoms with Crippen molar-refractivity contribution in [3.05, 3.63) is 64.2 Å². The highest BCUT2D eigenvalue weighted by molar-refractivity contribution is 8.19. The third-order valence-corrected chi connectivity index (χ3v) is 6.56. The topological polar surface area (TPSA) is 81.5 Å². The SMILES string of the molecule is O=C(COc1ccccc1C1SCCS1)Nc1cccc([N+](=O)[O-])c1. The predicted molar refractivity (Wildman–Crippen MR) is 101 cm³/mol. The number of nitrogens with zero attached hydrogens (tertiary/aromatic N) is 1. The van der Waals surface area contributed by atoms with Crippen LogP contribution in [-0.2, 0) is 4.79 Å². The molecule has 130 valence electrons. The minimum absolute atomic E-state index is 0.0700. The Morgan fingerprint density at radius 2 is 1.96 bits per heavy atom. The van der Waals surface area contributed by atoms with Crippen LogP contribution in [0.3, 0.4) is 0 Å². The fraction of sp³-hybridized carbons (Fsp3) is 0.235. The Bertz CT molecular complexity index is 779. The van der Waals surface area contributed by atoms with Gasteiger partial charge in [-0.15, -0.1) is 23.5 Å². The number of para-hydroxylation sites is 1. The Hall–Kier alpha value is -2.19. The number of nitrogens with one attached hydrogen (secondary N) is 1. The molecule has 1 aliphatic heterocycles. The molecule has 6 nitrogen and oxygen atoms in total.